The van der Waals surface area contributed by atoms with Crippen molar-refractivity contribution in [3.8, 4) is 0 Å². The summed E-state index contributed by atoms with van der Waals surface area (Å²) in [5.41, 5.74) is -1.77. The van der Waals surface area contributed by atoms with Crippen LogP contribution in [0.3, 0.4) is 0 Å². The number of nitrogens with zero attached hydrogens (tertiary/aromatic N) is 2. The van der Waals surface area contributed by atoms with Crippen LogP contribution in [0.4, 0.5) is 22.0 Å². The van der Waals surface area contributed by atoms with Crippen LogP contribution in [0.25, 0.3) is 0 Å². The lowest BCUT2D eigenvalue weighted by molar-refractivity contribution is -0.209. The molecule has 0 amide bonds. The van der Waals surface area contributed by atoms with E-state index in [0.29, 0.717) is 0 Å². The highest BCUT2D eigenvalue weighted by Gasteiger charge is 2.55. The van der Waals surface area contributed by atoms with Gasteiger partial charge in [-0.05, 0) is 47.0 Å². The zero-order valence-corrected chi connectivity index (χ0v) is 19.2. The van der Waals surface area contributed by atoms with Gasteiger partial charge in [0.2, 0.25) is 0 Å². The minimum atomic E-state index is -4.72. The molecule has 1 fully saturated rings. The van der Waals surface area contributed by atoms with Crippen molar-refractivity contribution in [2.24, 2.45) is 5.41 Å². The van der Waals surface area contributed by atoms with E-state index in [-0.39, 0.29) is 46.8 Å². The number of piperidine rings is 1. The number of benzene rings is 1. The predicted molar refractivity (Wildman–Crippen MR) is 111 cm³/mol. The molecule has 174 valence electrons. The second-order valence-corrected chi connectivity index (χ2v) is 8.93. The van der Waals surface area contributed by atoms with Crippen LogP contribution >= 0.6 is 27.5 Å². The lowest BCUT2D eigenvalue weighted by Gasteiger charge is -2.45. The van der Waals surface area contributed by atoms with Crippen LogP contribution in [0.15, 0.2) is 34.9 Å². The van der Waals surface area contributed by atoms with E-state index >= 15 is 0 Å². The third kappa shape index (κ3) is 5.23. The molecular weight excluding hydrogens is 523 g/mol. The Balaban J connectivity index is 1.96. The maximum atomic E-state index is 14.3. The molecule has 1 aromatic heterocycles. The molecule has 4 nitrogen and oxygen atoms in total. The fourth-order valence-electron chi connectivity index (χ4n) is 4.05. The molecule has 32 heavy (non-hydrogen) atoms. The van der Waals surface area contributed by atoms with Gasteiger partial charge in [0.25, 0.3) is 0 Å². The summed E-state index contributed by atoms with van der Waals surface area (Å²) < 4.78 is 75.9. The van der Waals surface area contributed by atoms with Gasteiger partial charge in [-0.3, -0.25) is 9.69 Å². The van der Waals surface area contributed by atoms with Crippen molar-refractivity contribution in [1.82, 2.24) is 9.88 Å². The number of pyridine rings is 1. The Morgan fingerprint density at radius 3 is 2.69 bits per heavy atom. The van der Waals surface area contributed by atoms with Gasteiger partial charge in [-0.25, -0.2) is 13.8 Å². The van der Waals surface area contributed by atoms with Crippen LogP contribution in [0.2, 0.25) is 5.02 Å². The first-order chi connectivity index (χ1) is 15.0. The Kier molecular flexibility index (Phi) is 7.46. The van der Waals surface area contributed by atoms with Gasteiger partial charge in [-0.1, -0.05) is 23.7 Å². The van der Waals surface area contributed by atoms with Crippen molar-refractivity contribution in [2.45, 2.75) is 38.0 Å². The molecule has 0 bridgehead atoms. The van der Waals surface area contributed by atoms with Crippen LogP contribution < -0.4 is 0 Å². The van der Waals surface area contributed by atoms with Gasteiger partial charge in [0.05, 0.1) is 23.2 Å². The highest BCUT2D eigenvalue weighted by Crippen LogP contribution is 2.45. The minimum absolute atomic E-state index is 0.0111. The number of halogens is 7. The van der Waals surface area contributed by atoms with Crippen LogP contribution in [0, 0.1) is 17.0 Å². The number of carbonyl (C=O) groups is 1. The fourth-order valence-corrected chi connectivity index (χ4v) is 4.59. The van der Waals surface area contributed by atoms with E-state index in [4.69, 9.17) is 16.3 Å². The van der Waals surface area contributed by atoms with E-state index in [1.165, 1.54) is 24.3 Å². The molecule has 0 saturated carbocycles. The molecule has 0 N–H and O–H groups in total. The summed E-state index contributed by atoms with van der Waals surface area (Å²) in [5.74, 6) is -2.40. The standard InChI is InChI=1S/C21H19BrClF5N2O2/c1-32-19(31)20(9-15-14(24)5-6-17(22)29-15)7-8-30(16(10-20)21(26,27)28)11-12-3-2-4-13(23)18(12)25/h2-6,16H,7-11H2,1H3. The number of rotatable bonds is 5. The fraction of sp³-hybridized carbons (Fsp3) is 0.429. The van der Waals surface area contributed by atoms with Crippen molar-refractivity contribution >= 4 is 33.5 Å². The van der Waals surface area contributed by atoms with Gasteiger partial charge >= 0.3 is 12.1 Å². The molecule has 0 spiro atoms. The number of alkyl halides is 3. The Labute approximate surface area is 194 Å². The molecular formula is C21H19BrClF5N2O2. The van der Waals surface area contributed by atoms with Crippen molar-refractivity contribution in [1.29, 1.82) is 0 Å². The monoisotopic (exact) mass is 540 g/mol. The molecule has 2 atom stereocenters. The summed E-state index contributed by atoms with van der Waals surface area (Å²) in [5, 5.41) is -0.192. The molecule has 1 saturated heterocycles. The number of hydrogen-bond acceptors (Lipinski definition) is 4. The van der Waals surface area contributed by atoms with Gasteiger partial charge in [-0.2, -0.15) is 13.2 Å². The van der Waals surface area contributed by atoms with E-state index in [1.807, 2.05) is 0 Å². The average Bonchev–Trinajstić information content (AvgIpc) is 2.73. The van der Waals surface area contributed by atoms with Crippen LogP contribution in [-0.4, -0.2) is 41.7 Å². The summed E-state index contributed by atoms with van der Waals surface area (Å²) in [4.78, 5) is 17.7. The van der Waals surface area contributed by atoms with Crippen LogP contribution in [0.1, 0.15) is 24.1 Å². The van der Waals surface area contributed by atoms with E-state index in [0.717, 1.165) is 18.1 Å². The summed E-state index contributed by atoms with van der Waals surface area (Å²) >= 11 is 8.87. The maximum absolute atomic E-state index is 14.3. The van der Waals surface area contributed by atoms with Crippen LogP contribution in [-0.2, 0) is 22.5 Å². The summed E-state index contributed by atoms with van der Waals surface area (Å²) in [6.45, 7) is -0.543. The molecule has 3 rings (SSSR count). The number of esters is 1. The normalized spacial score (nSPS) is 22.1. The number of carbonyl (C=O) groups excluding carboxylic acids is 1. The van der Waals surface area contributed by atoms with E-state index in [9.17, 15) is 26.7 Å². The van der Waals surface area contributed by atoms with Crippen molar-refractivity contribution in [3.05, 3.63) is 62.8 Å². The summed E-state index contributed by atoms with van der Waals surface area (Å²) in [7, 11) is 1.07. The molecule has 2 unspecified atom stereocenters. The second-order valence-electron chi connectivity index (χ2n) is 7.71. The van der Waals surface area contributed by atoms with Gasteiger partial charge < -0.3 is 4.74 Å². The third-order valence-electron chi connectivity index (χ3n) is 5.69. The van der Waals surface area contributed by atoms with E-state index < -0.39 is 41.7 Å². The SMILES string of the molecule is COC(=O)C1(Cc2nc(Br)ccc2F)CCN(Cc2cccc(Cl)c2F)C(C(F)(F)F)C1. The van der Waals surface area contributed by atoms with Gasteiger partial charge in [0.1, 0.15) is 22.3 Å². The third-order valence-corrected chi connectivity index (χ3v) is 6.43. The molecule has 2 heterocycles. The summed E-state index contributed by atoms with van der Waals surface area (Å²) in [6.07, 6.45) is -5.82. The molecule has 1 aromatic carbocycles. The van der Waals surface area contributed by atoms with Gasteiger partial charge in [0.15, 0.2) is 0 Å². The number of methoxy groups -OCH3 is 1. The van der Waals surface area contributed by atoms with Crippen LogP contribution in [0.5, 0.6) is 0 Å². The topological polar surface area (TPSA) is 42.4 Å². The quantitative estimate of drug-likeness (QED) is 0.277. The first-order valence-electron chi connectivity index (χ1n) is 9.60. The van der Waals surface area contributed by atoms with Crippen molar-refractivity contribution in [3.63, 3.8) is 0 Å². The van der Waals surface area contributed by atoms with Crippen molar-refractivity contribution < 1.29 is 31.5 Å². The lowest BCUT2D eigenvalue weighted by Crippen LogP contribution is -2.56. The smallest absolute Gasteiger partial charge is 0.404 e. The first kappa shape index (κ1) is 24.9. The number of ether oxygens (including phenoxy) is 1. The number of hydrogen-bond donors (Lipinski definition) is 0. The first-order valence-corrected chi connectivity index (χ1v) is 10.8. The predicted octanol–water partition coefficient (Wildman–Crippen LogP) is 5.70. The van der Waals surface area contributed by atoms with Gasteiger partial charge in [0, 0.05) is 25.1 Å². The molecule has 2 aromatic rings. The molecule has 0 radical (unpaired) electrons. The molecule has 0 aliphatic carbocycles. The van der Waals surface area contributed by atoms with E-state index in [2.05, 4.69) is 20.9 Å². The minimum Gasteiger partial charge on any atom is -0.469 e. The largest absolute Gasteiger partial charge is 0.469 e. The van der Waals surface area contributed by atoms with E-state index in [1.54, 1.807) is 0 Å². The zero-order valence-electron chi connectivity index (χ0n) is 16.9. The maximum Gasteiger partial charge on any atom is 0.404 e. The Hall–Kier alpha value is -1.78. The highest BCUT2D eigenvalue weighted by molar-refractivity contribution is 9.10. The Morgan fingerprint density at radius 2 is 2.03 bits per heavy atom. The number of aromatic nitrogens is 1. The molecule has 1 aliphatic heterocycles. The summed E-state index contributed by atoms with van der Waals surface area (Å²) in [6, 6.07) is 4.51. The second kappa shape index (κ2) is 9.61. The molecule has 11 heteroatoms. The Bertz CT molecular complexity index is 1010. The number of likely N-dealkylation sites (tertiary alicyclic amines) is 1. The zero-order chi connectivity index (χ0) is 23.7. The van der Waals surface area contributed by atoms with Crippen molar-refractivity contribution in [2.75, 3.05) is 13.7 Å². The Morgan fingerprint density at radius 1 is 1.31 bits per heavy atom. The average molecular weight is 542 g/mol. The van der Waals surface area contributed by atoms with Gasteiger partial charge in [-0.15, -0.1) is 0 Å². The molecule has 1 aliphatic rings. The highest BCUT2D eigenvalue weighted by atomic mass is 79.9. The lowest BCUT2D eigenvalue weighted by atomic mass is 9.71.